The maximum Gasteiger partial charge on any atom is 0.193 e. The molecule has 25 heavy (non-hydrogen) atoms. The van der Waals surface area contributed by atoms with Crippen LogP contribution in [-0.2, 0) is 0 Å². The summed E-state index contributed by atoms with van der Waals surface area (Å²) in [5.74, 6) is 2.42. The van der Waals surface area contributed by atoms with Crippen LogP contribution in [0.5, 0.6) is 17.2 Å². The van der Waals surface area contributed by atoms with Gasteiger partial charge in [-0.05, 0) is 43.7 Å². The minimum atomic E-state index is -0.0902. The SMILES string of the molecule is COc1ccc(NC(N)=NCC(C)Oc2cccc(C)c2)cc1OC. The quantitative estimate of drug-likeness (QED) is 0.596. The molecule has 0 radical (unpaired) electrons. The van der Waals surface area contributed by atoms with Gasteiger partial charge >= 0.3 is 0 Å². The van der Waals surface area contributed by atoms with E-state index in [-0.39, 0.29) is 6.10 Å². The molecule has 0 saturated heterocycles. The van der Waals surface area contributed by atoms with Gasteiger partial charge in [0.1, 0.15) is 11.9 Å². The van der Waals surface area contributed by atoms with Gasteiger partial charge in [-0.3, -0.25) is 0 Å². The molecule has 3 N–H and O–H groups in total. The summed E-state index contributed by atoms with van der Waals surface area (Å²) in [6.07, 6.45) is -0.0902. The Bertz CT molecular complexity index is 732. The fraction of sp³-hybridized carbons (Fsp3) is 0.316. The van der Waals surface area contributed by atoms with Crippen molar-refractivity contribution in [2.75, 3.05) is 26.1 Å². The van der Waals surface area contributed by atoms with Gasteiger partial charge in [-0.2, -0.15) is 0 Å². The second kappa shape index (κ2) is 8.82. The summed E-state index contributed by atoms with van der Waals surface area (Å²) < 4.78 is 16.3. The van der Waals surface area contributed by atoms with Gasteiger partial charge in [0.25, 0.3) is 0 Å². The lowest BCUT2D eigenvalue weighted by Gasteiger charge is -2.14. The van der Waals surface area contributed by atoms with E-state index in [2.05, 4.69) is 10.3 Å². The fourth-order valence-corrected chi connectivity index (χ4v) is 2.29. The summed E-state index contributed by atoms with van der Waals surface area (Å²) in [4.78, 5) is 4.32. The molecule has 2 rings (SSSR count). The topological polar surface area (TPSA) is 78.1 Å². The lowest BCUT2D eigenvalue weighted by molar-refractivity contribution is 0.230. The summed E-state index contributed by atoms with van der Waals surface area (Å²) in [5.41, 5.74) is 7.87. The van der Waals surface area contributed by atoms with Gasteiger partial charge in [0.15, 0.2) is 17.5 Å². The fourth-order valence-electron chi connectivity index (χ4n) is 2.29. The number of hydrogen-bond donors (Lipinski definition) is 2. The van der Waals surface area contributed by atoms with Gasteiger partial charge in [-0.1, -0.05) is 12.1 Å². The van der Waals surface area contributed by atoms with Crippen molar-refractivity contribution in [2.24, 2.45) is 10.7 Å². The molecule has 1 unspecified atom stereocenters. The number of guanidine groups is 1. The zero-order chi connectivity index (χ0) is 18.2. The molecule has 1 atom stereocenters. The molecule has 2 aromatic rings. The van der Waals surface area contributed by atoms with Gasteiger partial charge in [-0.25, -0.2) is 4.99 Å². The molecule has 0 heterocycles. The van der Waals surface area contributed by atoms with E-state index in [1.807, 2.05) is 44.2 Å². The predicted octanol–water partition coefficient (Wildman–Crippen LogP) is 3.21. The predicted molar refractivity (Wildman–Crippen MR) is 101 cm³/mol. The van der Waals surface area contributed by atoms with E-state index in [9.17, 15) is 0 Å². The molecule has 6 nitrogen and oxygen atoms in total. The molecule has 0 spiro atoms. The van der Waals surface area contributed by atoms with Crippen molar-refractivity contribution in [3.8, 4) is 17.2 Å². The third-order valence-corrected chi connectivity index (χ3v) is 3.50. The van der Waals surface area contributed by atoms with Gasteiger partial charge in [0.2, 0.25) is 0 Å². The molecule has 0 fully saturated rings. The molecule has 0 aromatic heterocycles. The van der Waals surface area contributed by atoms with Crippen molar-refractivity contribution in [1.29, 1.82) is 0 Å². The van der Waals surface area contributed by atoms with Crippen LogP contribution in [0.15, 0.2) is 47.5 Å². The average molecular weight is 343 g/mol. The van der Waals surface area contributed by atoms with Crippen molar-refractivity contribution in [2.45, 2.75) is 20.0 Å². The van der Waals surface area contributed by atoms with Crippen LogP contribution in [0.2, 0.25) is 0 Å². The highest BCUT2D eigenvalue weighted by Gasteiger charge is 2.06. The summed E-state index contributed by atoms with van der Waals surface area (Å²) in [6.45, 7) is 4.43. The molecule has 0 aliphatic rings. The summed E-state index contributed by atoms with van der Waals surface area (Å²) >= 11 is 0. The molecule has 134 valence electrons. The Labute approximate surface area is 148 Å². The minimum absolute atomic E-state index is 0.0902. The third-order valence-electron chi connectivity index (χ3n) is 3.50. The Hall–Kier alpha value is -2.89. The number of ether oxygens (including phenoxy) is 3. The highest BCUT2D eigenvalue weighted by Crippen LogP contribution is 2.29. The zero-order valence-electron chi connectivity index (χ0n) is 15.1. The van der Waals surface area contributed by atoms with E-state index >= 15 is 0 Å². The van der Waals surface area contributed by atoms with Crippen LogP contribution >= 0.6 is 0 Å². The van der Waals surface area contributed by atoms with Gasteiger partial charge in [-0.15, -0.1) is 0 Å². The largest absolute Gasteiger partial charge is 0.493 e. The molecule has 0 aliphatic carbocycles. The average Bonchev–Trinajstić information content (AvgIpc) is 2.60. The van der Waals surface area contributed by atoms with Gasteiger partial charge in [0, 0.05) is 11.8 Å². The Morgan fingerprint density at radius 2 is 1.88 bits per heavy atom. The normalized spacial score (nSPS) is 12.4. The number of anilines is 1. The second-order valence-corrected chi connectivity index (χ2v) is 5.67. The Kier molecular flexibility index (Phi) is 6.51. The molecule has 0 aliphatic heterocycles. The lowest BCUT2D eigenvalue weighted by atomic mass is 10.2. The Morgan fingerprint density at radius 1 is 1.12 bits per heavy atom. The molecule has 6 heteroatoms. The number of nitrogens with one attached hydrogen (secondary N) is 1. The summed E-state index contributed by atoms with van der Waals surface area (Å²) in [7, 11) is 3.18. The number of benzene rings is 2. The standard InChI is InChI=1S/C19H25N3O3/c1-13-6-5-7-16(10-13)25-14(2)12-21-19(20)22-15-8-9-17(23-3)18(11-15)24-4/h5-11,14H,12H2,1-4H3,(H3,20,21,22). The Balaban J connectivity index is 1.92. The highest BCUT2D eigenvalue weighted by molar-refractivity contribution is 5.92. The number of nitrogens with zero attached hydrogens (tertiary/aromatic N) is 1. The maximum absolute atomic E-state index is 5.94. The monoisotopic (exact) mass is 343 g/mol. The maximum atomic E-state index is 5.94. The molecular formula is C19H25N3O3. The number of methoxy groups -OCH3 is 2. The van der Waals surface area contributed by atoms with Crippen LogP contribution in [0.3, 0.4) is 0 Å². The van der Waals surface area contributed by atoms with E-state index < -0.39 is 0 Å². The first-order valence-corrected chi connectivity index (χ1v) is 8.04. The van der Waals surface area contributed by atoms with Crippen molar-refractivity contribution in [3.05, 3.63) is 48.0 Å². The van der Waals surface area contributed by atoms with Gasteiger partial charge < -0.3 is 25.3 Å². The second-order valence-electron chi connectivity index (χ2n) is 5.67. The third kappa shape index (κ3) is 5.60. The van der Waals surface area contributed by atoms with Crippen molar-refractivity contribution < 1.29 is 14.2 Å². The first-order valence-electron chi connectivity index (χ1n) is 8.04. The molecule has 2 aromatic carbocycles. The van der Waals surface area contributed by atoms with E-state index in [1.54, 1.807) is 26.4 Å². The number of aryl methyl sites for hydroxylation is 1. The van der Waals surface area contributed by atoms with Gasteiger partial charge in [0.05, 0.1) is 20.8 Å². The molecule has 0 saturated carbocycles. The molecule has 0 amide bonds. The first-order chi connectivity index (χ1) is 12.0. The Morgan fingerprint density at radius 3 is 2.56 bits per heavy atom. The smallest absolute Gasteiger partial charge is 0.193 e. The van der Waals surface area contributed by atoms with Crippen LogP contribution in [0.25, 0.3) is 0 Å². The first kappa shape index (κ1) is 18.4. The minimum Gasteiger partial charge on any atom is -0.493 e. The number of rotatable bonds is 7. The van der Waals surface area contributed by atoms with Crippen molar-refractivity contribution >= 4 is 11.6 Å². The summed E-state index contributed by atoms with van der Waals surface area (Å²) in [5, 5.41) is 3.03. The van der Waals surface area contributed by atoms with Crippen molar-refractivity contribution in [1.82, 2.24) is 0 Å². The number of aliphatic imine (C=N–C) groups is 1. The highest BCUT2D eigenvalue weighted by atomic mass is 16.5. The molecular weight excluding hydrogens is 318 g/mol. The van der Waals surface area contributed by atoms with E-state index in [4.69, 9.17) is 19.9 Å². The van der Waals surface area contributed by atoms with Crippen LogP contribution in [0.4, 0.5) is 5.69 Å². The lowest BCUT2D eigenvalue weighted by Crippen LogP contribution is -2.25. The van der Waals surface area contributed by atoms with E-state index in [0.717, 1.165) is 17.0 Å². The van der Waals surface area contributed by atoms with E-state index in [0.29, 0.717) is 24.0 Å². The van der Waals surface area contributed by atoms with Crippen LogP contribution in [0.1, 0.15) is 12.5 Å². The van der Waals surface area contributed by atoms with E-state index in [1.165, 1.54) is 0 Å². The number of hydrogen-bond acceptors (Lipinski definition) is 4. The van der Waals surface area contributed by atoms with Crippen LogP contribution < -0.4 is 25.3 Å². The molecule has 0 bridgehead atoms. The van der Waals surface area contributed by atoms with Crippen LogP contribution in [0, 0.1) is 6.92 Å². The van der Waals surface area contributed by atoms with Crippen LogP contribution in [-0.4, -0.2) is 32.8 Å². The van der Waals surface area contributed by atoms with Crippen molar-refractivity contribution in [3.63, 3.8) is 0 Å². The zero-order valence-corrected chi connectivity index (χ0v) is 15.1. The number of nitrogens with two attached hydrogens (primary N) is 1. The summed E-state index contributed by atoms with van der Waals surface area (Å²) in [6, 6.07) is 13.4.